The summed E-state index contributed by atoms with van der Waals surface area (Å²) in [4.78, 5) is 26.0. The first kappa shape index (κ1) is 29.4. The van der Waals surface area contributed by atoms with E-state index in [1.54, 1.807) is 24.4 Å². The lowest BCUT2D eigenvalue weighted by Gasteiger charge is -2.35. The lowest BCUT2D eigenvalue weighted by molar-refractivity contribution is -0.138. The summed E-state index contributed by atoms with van der Waals surface area (Å²) in [5.41, 5.74) is 3.46. The Morgan fingerprint density at radius 3 is 2.48 bits per heavy atom. The van der Waals surface area contributed by atoms with Crippen LogP contribution < -0.4 is 0 Å². The van der Waals surface area contributed by atoms with Crippen LogP contribution in [0.15, 0.2) is 67.1 Å². The van der Waals surface area contributed by atoms with E-state index in [1.807, 2.05) is 31.2 Å². The molecule has 2 heterocycles. The van der Waals surface area contributed by atoms with Gasteiger partial charge in [0, 0.05) is 67.4 Å². The van der Waals surface area contributed by atoms with E-state index in [0.717, 1.165) is 67.2 Å². The summed E-state index contributed by atoms with van der Waals surface area (Å²) in [6.45, 7) is 8.49. The van der Waals surface area contributed by atoms with Crippen molar-refractivity contribution >= 4 is 16.7 Å². The third kappa shape index (κ3) is 7.04. The molecule has 0 bridgehead atoms. The Morgan fingerprint density at radius 1 is 0.952 bits per heavy atom. The molecule has 0 amide bonds. The van der Waals surface area contributed by atoms with Crippen molar-refractivity contribution in [3.63, 3.8) is 0 Å². The fraction of sp³-hybridized carbons (Fsp3) is 0.324. The fourth-order valence-corrected chi connectivity index (χ4v) is 5.33. The Balaban J connectivity index is 1.33. The van der Waals surface area contributed by atoms with Gasteiger partial charge >= 0.3 is 6.18 Å². The first-order chi connectivity index (χ1) is 20.2. The van der Waals surface area contributed by atoms with E-state index in [1.165, 1.54) is 12.4 Å². The average Bonchev–Trinajstić information content (AvgIpc) is 2.98. The normalized spacial score (nSPS) is 14.5. The third-order valence-corrected chi connectivity index (χ3v) is 7.68. The highest BCUT2D eigenvalue weighted by atomic mass is 19.4. The smallest absolute Gasteiger partial charge is 0.301 e. The lowest BCUT2D eigenvalue weighted by Crippen LogP contribution is -2.46. The molecule has 0 unspecified atom stereocenters. The number of halogens is 3. The number of aromatic nitrogens is 2. The summed E-state index contributed by atoms with van der Waals surface area (Å²) in [5.74, 6) is 6.05. The summed E-state index contributed by atoms with van der Waals surface area (Å²) < 4.78 is 42.3. The number of fused-ring (bicyclic) bond motifs is 1. The van der Waals surface area contributed by atoms with Crippen molar-refractivity contribution in [2.24, 2.45) is 0 Å². The van der Waals surface area contributed by atoms with Crippen LogP contribution in [-0.2, 0) is 19.1 Å². The van der Waals surface area contributed by atoms with E-state index in [9.17, 15) is 18.0 Å². The third-order valence-electron chi connectivity index (χ3n) is 7.68. The van der Waals surface area contributed by atoms with E-state index < -0.39 is 11.7 Å². The molecule has 0 aliphatic carbocycles. The first-order valence-corrected chi connectivity index (χ1v) is 14.2. The summed E-state index contributed by atoms with van der Waals surface area (Å²) in [5, 5.41) is 0.833. The second kappa shape index (κ2) is 12.8. The number of nitrogens with zero attached hydrogens (tertiary/aromatic N) is 4. The maximum atomic E-state index is 14.1. The van der Waals surface area contributed by atoms with E-state index >= 15 is 0 Å². The number of benzene rings is 3. The van der Waals surface area contributed by atoms with Crippen LogP contribution in [0.5, 0.6) is 0 Å². The Kier molecular flexibility index (Phi) is 9.00. The maximum absolute atomic E-state index is 14.1. The molecule has 1 aliphatic rings. The van der Waals surface area contributed by atoms with Crippen molar-refractivity contribution in [1.82, 2.24) is 19.8 Å². The summed E-state index contributed by atoms with van der Waals surface area (Å²) in [6.07, 6.45) is -0.364. The number of hydrogen-bond acceptors (Lipinski definition) is 5. The molecular formula is C34H33F3N4O. The van der Waals surface area contributed by atoms with E-state index in [2.05, 4.69) is 38.5 Å². The predicted molar refractivity (Wildman–Crippen MR) is 158 cm³/mol. The predicted octanol–water partition coefficient (Wildman–Crippen LogP) is 6.31. The Labute approximate surface area is 244 Å². The van der Waals surface area contributed by atoms with Gasteiger partial charge in [0.2, 0.25) is 0 Å². The average molecular weight is 571 g/mol. The van der Waals surface area contributed by atoms with Crippen LogP contribution in [-0.4, -0.2) is 58.3 Å². The molecule has 3 aromatic carbocycles. The first-order valence-electron chi connectivity index (χ1n) is 14.2. The van der Waals surface area contributed by atoms with Crippen LogP contribution >= 0.6 is 0 Å². The monoisotopic (exact) mass is 570 g/mol. The van der Waals surface area contributed by atoms with Crippen LogP contribution in [0.4, 0.5) is 13.2 Å². The van der Waals surface area contributed by atoms with Gasteiger partial charge in [-0.05, 0) is 60.8 Å². The van der Waals surface area contributed by atoms with Gasteiger partial charge < -0.3 is 4.90 Å². The highest BCUT2D eigenvalue weighted by molar-refractivity contribution is 5.98. The number of carbonyl (C=O) groups excluding carboxylic acids is 1. The second-order valence-electron chi connectivity index (χ2n) is 10.7. The number of ketones is 1. The van der Waals surface area contributed by atoms with Crippen LogP contribution in [0.1, 0.15) is 57.1 Å². The molecule has 8 heteroatoms. The number of alkyl halides is 3. The number of carbonyl (C=O) groups is 1. The molecule has 5 nitrogen and oxygen atoms in total. The lowest BCUT2D eigenvalue weighted by atomic mass is 9.96. The van der Waals surface area contributed by atoms with Crippen molar-refractivity contribution in [3.05, 3.63) is 106 Å². The second-order valence-corrected chi connectivity index (χ2v) is 10.7. The van der Waals surface area contributed by atoms with Crippen molar-refractivity contribution in [2.75, 3.05) is 32.7 Å². The molecular weight excluding hydrogens is 537 g/mol. The highest BCUT2D eigenvalue weighted by Crippen LogP contribution is 2.34. The quantitative estimate of drug-likeness (QED) is 0.193. The Bertz CT molecular complexity index is 1640. The minimum atomic E-state index is -4.50. The van der Waals surface area contributed by atoms with Crippen molar-refractivity contribution in [3.8, 4) is 11.8 Å². The molecule has 0 atom stereocenters. The van der Waals surface area contributed by atoms with Crippen molar-refractivity contribution < 1.29 is 18.0 Å². The topological polar surface area (TPSA) is 49.3 Å². The molecule has 1 saturated heterocycles. The van der Waals surface area contributed by atoms with Gasteiger partial charge in [-0.1, -0.05) is 49.1 Å². The van der Waals surface area contributed by atoms with Gasteiger partial charge in [-0.3, -0.25) is 9.69 Å². The largest absolute Gasteiger partial charge is 0.416 e. The Hall–Kier alpha value is -4.06. The van der Waals surface area contributed by atoms with Gasteiger partial charge in [-0.25, -0.2) is 9.97 Å². The van der Waals surface area contributed by atoms with Crippen LogP contribution in [0, 0.1) is 18.8 Å². The van der Waals surface area contributed by atoms with Crippen molar-refractivity contribution in [2.45, 2.75) is 39.4 Å². The number of piperazine rings is 1. The van der Waals surface area contributed by atoms with Gasteiger partial charge in [0.1, 0.15) is 6.33 Å². The zero-order valence-electron chi connectivity index (χ0n) is 23.8. The SMILES string of the molecule is CCCN1CCN(Cc2ccc(CC(=O)c3ccc(C)c(C#Cc4cccc5ncncc45)c3)cc2C(F)(F)F)CC1. The van der Waals surface area contributed by atoms with Gasteiger partial charge in [0.25, 0.3) is 0 Å². The fourth-order valence-electron chi connectivity index (χ4n) is 5.33. The number of rotatable bonds is 7. The maximum Gasteiger partial charge on any atom is 0.416 e. The summed E-state index contributed by atoms with van der Waals surface area (Å²) >= 11 is 0. The molecule has 0 N–H and O–H groups in total. The summed E-state index contributed by atoms with van der Waals surface area (Å²) in [7, 11) is 0. The van der Waals surface area contributed by atoms with Gasteiger partial charge in [-0.15, -0.1) is 0 Å². The van der Waals surface area contributed by atoms with E-state index in [0.29, 0.717) is 16.7 Å². The highest BCUT2D eigenvalue weighted by Gasteiger charge is 2.34. The molecule has 0 spiro atoms. The minimum Gasteiger partial charge on any atom is -0.301 e. The Morgan fingerprint density at radius 2 is 1.71 bits per heavy atom. The minimum absolute atomic E-state index is 0.129. The van der Waals surface area contributed by atoms with E-state index in [-0.39, 0.29) is 24.3 Å². The van der Waals surface area contributed by atoms with Crippen LogP contribution in [0.25, 0.3) is 10.9 Å². The van der Waals surface area contributed by atoms with Crippen LogP contribution in [0.3, 0.4) is 0 Å². The van der Waals surface area contributed by atoms with Crippen LogP contribution in [0.2, 0.25) is 0 Å². The molecule has 1 aromatic heterocycles. The molecule has 216 valence electrons. The van der Waals surface area contributed by atoms with Gasteiger partial charge in [-0.2, -0.15) is 13.2 Å². The molecule has 1 aliphatic heterocycles. The molecule has 1 fully saturated rings. The van der Waals surface area contributed by atoms with Gasteiger partial charge in [0.15, 0.2) is 5.78 Å². The van der Waals surface area contributed by atoms with E-state index in [4.69, 9.17) is 0 Å². The zero-order chi connectivity index (χ0) is 29.7. The zero-order valence-corrected chi connectivity index (χ0v) is 23.8. The standard InChI is InChI=1S/C34H33F3N4O/c1-3-13-40-14-16-41(17-15-40)22-29-10-8-25(18-31(29)34(35,36)37)19-33(42)28-9-7-24(2)27(20-28)12-11-26-5-4-6-32-30(26)21-38-23-39-32/h4-10,18,20-21,23H,3,13-17,19,22H2,1-2H3. The molecule has 5 rings (SSSR count). The molecule has 0 radical (unpaired) electrons. The number of Topliss-reactive ketones (excluding diaryl/α,β-unsaturated/α-hetero) is 1. The molecule has 42 heavy (non-hydrogen) atoms. The van der Waals surface area contributed by atoms with Crippen molar-refractivity contribution in [1.29, 1.82) is 0 Å². The number of hydrogen-bond donors (Lipinski definition) is 0. The summed E-state index contributed by atoms with van der Waals surface area (Å²) in [6, 6.07) is 15.2. The molecule has 4 aromatic rings. The van der Waals surface area contributed by atoms with Gasteiger partial charge in [0.05, 0.1) is 11.1 Å². The number of aryl methyl sites for hydroxylation is 1. The molecule has 0 saturated carbocycles.